The quantitative estimate of drug-likeness (QED) is 0.851. The van der Waals surface area contributed by atoms with E-state index >= 15 is 0 Å². The molecule has 3 heteroatoms. The van der Waals surface area contributed by atoms with Crippen LogP contribution in [0.5, 0.6) is 0 Å². The van der Waals surface area contributed by atoms with E-state index in [1.165, 1.54) is 16.5 Å². The Bertz CT molecular complexity index is 474. The van der Waals surface area contributed by atoms with E-state index in [-0.39, 0.29) is 0 Å². The summed E-state index contributed by atoms with van der Waals surface area (Å²) in [5.41, 5.74) is 8.01. The number of nitrogens with two attached hydrogens (primary N) is 1. The van der Waals surface area contributed by atoms with E-state index in [4.69, 9.17) is 17.3 Å². The predicted octanol–water partition coefficient (Wildman–Crippen LogP) is 2.95. The fourth-order valence-corrected chi connectivity index (χ4v) is 2.23. The molecule has 0 unspecified atom stereocenters. The number of aromatic nitrogens is 1. The Kier molecular flexibility index (Phi) is 2.98. The second-order valence-corrected chi connectivity index (χ2v) is 4.16. The molecular weight excluding hydrogens is 208 g/mol. The van der Waals surface area contributed by atoms with Crippen molar-refractivity contribution < 1.29 is 0 Å². The molecule has 0 saturated carbocycles. The van der Waals surface area contributed by atoms with Gasteiger partial charge in [-0.3, -0.25) is 0 Å². The van der Waals surface area contributed by atoms with Crippen molar-refractivity contribution in [2.24, 2.45) is 5.73 Å². The monoisotopic (exact) mass is 222 g/mol. The molecule has 0 aliphatic rings. The van der Waals surface area contributed by atoms with Crippen molar-refractivity contribution in [3.63, 3.8) is 0 Å². The lowest BCUT2D eigenvalue weighted by atomic mass is 10.2. The van der Waals surface area contributed by atoms with Crippen molar-refractivity contribution in [3.8, 4) is 0 Å². The van der Waals surface area contributed by atoms with Crippen molar-refractivity contribution in [2.75, 3.05) is 6.54 Å². The van der Waals surface area contributed by atoms with Crippen LogP contribution >= 0.6 is 11.6 Å². The SMILES string of the molecule is Cc1cccc2cc(Cl)n(CCCN)c12. The Labute approximate surface area is 94.6 Å². The van der Waals surface area contributed by atoms with Crippen LogP contribution in [-0.4, -0.2) is 11.1 Å². The number of hydrogen-bond donors (Lipinski definition) is 1. The summed E-state index contributed by atoms with van der Waals surface area (Å²) in [6, 6.07) is 8.27. The van der Waals surface area contributed by atoms with Crippen LogP contribution in [0, 0.1) is 6.92 Å². The normalized spacial score (nSPS) is 11.1. The average Bonchev–Trinajstić information content (AvgIpc) is 2.53. The minimum atomic E-state index is 0.696. The Morgan fingerprint density at radius 2 is 2.20 bits per heavy atom. The van der Waals surface area contributed by atoms with Crippen LogP contribution in [0.3, 0.4) is 0 Å². The smallest absolute Gasteiger partial charge is 0.109 e. The molecule has 0 aliphatic carbocycles. The fraction of sp³-hybridized carbons (Fsp3) is 0.333. The highest BCUT2D eigenvalue weighted by atomic mass is 35.5. The van der Waals surface area contributed by atoms with E-state index in [0.29, 0.717) is 6.54 Å². The molecule has 0 radical (unpaired) electrons. The number of aryl methyl sites for hydroxylation is 2. The molecule has 1 aromatic heterocycles. The number of benzene rings is 1. The largest absolute Gasteiger partial charge is 0.331 e. The highest BCUT2D eigenvalue weighted by Crippen LogP contribution is 2.26. The van der Waals surface area contributed by atoms with Gasteiger partial charge in [-0.05, 0) is 31.5 Å². The van der Waals surface area contributed by atoms with E-state index in [0.717, 1.165) is 18.1 Å². The first-order chi connectivity index (χ1) is 7.24. The Morgan fingerprint density at radius 3 is 2.93 bits per heavy atom. The first-order valence-corrected chi connectivity index (χ1v) is 5.56. The van der Waals surface area contributed by atoms with Crippen LogP contribution < -0.4 is 5.73 Å². The van der Waals surface area contributed by atoms with Gasteiger partial charge in [-0.2, -0.15) is 0 Å². The third kappa shape index (κ3) is 1.87. The van der Waals surface area contributed by atoms with Gasteiger partial charge in [-0.15, -0.1) is 0 Å². The van der Waals surface area contributed by atoms with Gasteiger partial charge >= 0.3 is 0 Å². The van der Waals surface area contributed by atoms with Gasteiger partial charge in [0.1, 0.15) is 5.15 Å². The molecular formula is C12H15ClN2. The molecule has 1 aromatic carbocycles. The summed E-state index contributed by atoms with van der Waals surface area (Å²) in [4.78, 5) is 0. The first kappa shape index (κ1) is 10.5. The maximum Gasteiger partial charge on any atom is 0.109 e. The van der Waals surface area contributed by atoms with Crippen LogP contribution in [-0.2, 0) is 6.54 Å². The highest BCUT2D eigenvalue weighted by Gasteiger charge is 2.07. The highest BCUT2D eigenvalue weighted by molar-refractivity contribution is 6.31. The number of fused-ring (bicyclic) bond motifs is 1. The maximum absolute atomic E-state index is 6.20. The Morgan fingerprint density at radius 1 is 1.40 bits per heavy atom. The molecule has 0 amide bonds. The average molecular weight is 223 g/mol. The Balaban J connectivity index is 2.55. The number of para-hydroxylation sites is 1. The van der Waals surface area contributed by atoms with Gasteiger partial charge < -0.3 is 10.3 Å². The summed E-state index contributed by atoms with van der Waals surface area (Å²) in [6.45, 7) is 3.70. The topological polar surface area (TPSA) is 30.9 Å². The zero-order chi connectivity index (χ0) is 10.8. The van der Waals surface area contributed by atoms with Crippen LogP contribution in [0.1, 0.15) is 12.0 Å². The summed E-state index contributed by atoms with van der Waals surface area (Å²) < 4.78 is 2.14. The minimum Gasteiger partial charge on any atom is -0.331 e. The van der Waals surface area contributed by atoms with Gasteiger partial charge in [0.25, 0.3) is 0 Å². The molecule has 2 N–H and O–H groups in total. The molecule has 0 spiro atoms. The lowest BCUT2D eigenvalue weighted by Crippen LogP contribution is -2.06. The van der Waals surface area contributed by atoms with Crippen molar-refractivity contribution >= 4 is 22.5 Å². The van der Waals surface area contributed by atoms with E-state index in [2.05, 4.69) is 29.7 Å². The molecule has 0 bridgehead atoms. The number of hydrogen-bond acceptors (Lipinski definition) is 1. The van der Waals surface area contributed by atoms with Gasteiger partial charge in [0.15, 0.2) is 0 Å². The third-order valence-electron chi connectivity index (χ3n) is 2.66. The summed E-state index contributed by atoms with van der Waals surface area (Å²) in [5.74, 6) is 0. The Hall–Kier alpha value is -0.990. The summed E-state index contributed by atoms with van der Waals surface area (Å²) in [5, 5.41) is 2.00. The standard InChI is InChI=1S/C12H15ClN2/c1-9-4-2-5-10-8-11(13)15(12(9)10)7-3-6-14/h2,4-5,8H,3,6-7,14H2,1H3. The number of rotatable bonds is 3. The summed E-state index contributed by atoms with van der Waals surface area (Å²) in [6.07, 6.45) is 0.956. The molecule has 0 fully saturated rings. The van der Waals surface area contributed by atoms with E-state index in [1.807, 2.05) is 6.07 Å². The lowest BCUT2D eigenvalue weighted by molar-refractivity contribution is 0.670. The molecule has 15 heavy (non-hydrogen) atoms. The molecule has 2 nitrogen and oxygen atoms in total. The van der Waals surface area contributed by atoms with Gasteiger partial charge in [-0.1, -0.05) is 29.8 Å². The molecule has 0 aliphatic heterocycles. The van der Waals surface area contributed by atoms with Gasteiger partial charge in [-0.25, -0.2) is 0 Å². The third-order valence-corrected chi connectivity index (χ3v) is 2.97. The predicted molar refractivity (Wildman–Crippen MR) is 65.4 cm³/mol. The summed E-state index contributed by atoms with van der Waals surface area (Å²) in [7, 11) is 0. The van der Waals surface area contributed by atoms with Crippen molar-refractivity contribution in [1.29, 1.82) is 0 Å². The second kappa shape index (κ2) is 4.25. The van der Waals surface area contributed by atoms with Crippen molar-refractivity contribution in [3.05, 3.63) is 35.0 Å². The maximum atomic E-state index is 6.20. The van der Waals surface area contributed by atoms with Crippen molar-refractivity contribution in [2.45, 2.75) is 19.9 Å². The number of halogens is 1. The zero-order valence-corrected chi connectivity index (χ0v) is 9.59. The number of nitrogens with zero attached hydrogens (tertiary/aromatic N) is 1. The molecule has 0 saturated heterocycles. The molecule has 2 rings (SSSR count). The van der Waals surface area contributed by atoms with Gasteiger partial charge in [0.05, 0.1) is 5.52 Å². The van der Waals surface area contributed by atoms with Crippen LogP contribution in [0.2, 0.25) is 5.15 Å². The van der Waals surface area contributed by atoms with Gasteiger partial charge in [0, 0.05) is 11.9 Å². The first-order valence-electron chi connectivity index (χ1n) is 5.18. The van der Waals surface area contributed by atoms with Gasteiger partial charge in [0.2, 0.25) is 0 Å². The molecule has 0 atom stereocenters. The molecule has 2 aromatic rings. The minimum absolute atomic E-state index is 0.696. The van der Waals surface area contributed by atoms with Crippen molar-refractivity contribution in [1.82, 2.24) is 4.57 Å². The molecule has 1 heterocycles. The zero-order valence-electron chi connectivity index (χ0n) is 8.83. The van der Waals surface area contributed by atoms with E-state index < -0.39 is 0 Å². The van der Waals surface area contributed by atoms with E-state index in [9.17, 15) is 0 Å². The molecule has 80 valence electrons. The summed E-state index contributed by atoms with van der Waals surface area (Å²) >= 11 is 6.20. The van der Waals surface area contributed by atoms with Crippen LogP contribution in [0.15, 0.2) is 24.3 Å². The second-order valence-electron chi connectivity index (χ2n) is 3.77. The van der Waals surface area contributed by atoms with Crippen LogP contribution in [0.25, 0.3) is 10.9 Å². The van der Waals surface area contributed by atoms with Crippen LogP contribution in [0.4, 0.5) is 0 Å². The fourth-order valence-electron chi connectivity index (χ4n) is 1.95. The lowest BCUT2D eigenvalue weighted by Gasteiger charge is -2.07. The van der Waals surface area contributed by atoms with E-state index in [1.54, 1.807) is 0 Å².